The predicted octanol–water partition coefficient (Wildman–Crippen LogP) is 2.05. The van der Waals surface area contributed by atoms with Crippen LogP contribution < -0.4 is 0 Å². The van der Waals surface area contributed by atoms with Crippen molar-refractivity contribution in [1.29, 1.82) is 0 Å². The van der Waals surface area contributed by atoms with Crippen LogP contribution in [0, 0.1) is 0 Å². The Morgan fingerprint density at radius 3 is 2.82 bits per heavy atom. The molecule has 0 fully saturated rings. The molecule has 0 spiro atoms. The molecule has 1 N–H and O–H groups in total. The first-order chi connectivity index (χ1) is 8.31. The number of benzene rings is 1. The number of hydrogen-bond acceptors (Lipinski definition) is 3. The fourth-order valence-electron chi connectivity index (χ4n) is 2.56. The summed E-state index contributed by atoms with van der Waals surface area (Å²) in [4.78, 5) is 8.32. The summed E-state index contributed by atoms with van der Waals surface area (Å²) in [5.41, 5.74) is 1.80. The summed E-state index contributed by atoms with van der Waals surface area (Å²) in [5, 5.41) is 10.9. The zero-order chi connectivity index (χ0) is 11.7. The Balaban J connectivity index is 2.16. The molecule has 0 aliphatic heterocycles. The Kier molecular flexibility index (Phi) is 2.41. The van der Waals surface area contributed by atoms with E-state index in [0.29, 0.717) is 0 Å². The van der Waals surface area contributed by atoms with Gasteiger partial charge in [-0.05, 0) is 30.4 Å². The van der Waals surface area contributed by atoms with Crippen molar-refractivity contribution in [3.8, 4) is 0 Å². The second-order valence-corrected chi connectivity index (χ2v) is 4.48. The Morgan fingerprint density at radius 2 is 2.00 bits per heavy atom. The zero-order valence-corrected chi connectivity index (χ0v) is 9.50. The van der Waals surface area contributed by atoms with Crippen LogP contribution in [0.2, 0.25) is 0 Å². The van der Waals surface area contributed by atoms with Gasteiger partial charge in [-0.2, -0.15) is 0 Å². The minimum atomic E-state index is -0.947. The normalized spacial score (nSPS) is 23.1. The van der Waals surface area contributed by atoms with E-state index in [-0.39, 0.29) is 0 Å². The summed E-state index contributed by atoms with van der Waals surface area (Å²) in [5.74, 6) is 0. The van der Waals surface area contributed by atoms with Gasteiger partial charge >= 0.3 is 0 Å². The molecule has 86 valence electrons. The van der Waals surface area contributed by atoms with Crippen molar-refractivity contribution in [2.24, 2.45) is 0 Å². The Hall–Kier alpha value is -1.74. The molecule has 1 atom stereocenters. The maximum absolute atomic E-state index is 10.9. The first kappa shape index (κ1) is 10.4. The summed E-state index contributed by atoms with van der Waals surface area (Å²) < 4.78 is 0. The maximum Gasteiger partial charge on any atom is 0.132 e. The molecule has 0 bridgehead atoms. The summed E-state index contributed by atoms with van der Waals surface area (Å²) in [6.45, 7) is 0. The third kappa shape index (κ3) is 1.63. The van der Waals surface area contributed by atoms with Crippen LogP contribution in [0.1, 0.15) is 29.7 Å². The van der Waals surface area contributed by atoms with Gasteiger partial charge in [0.25, 0.3) is 0 Å². The largest absolute Gasteiger partial charge is 0.379 e. The lowest BCUT2D eigenvalue weighted by Gasteiger charge is -2.33. The van der Waals surface area contributed by atoms with Crippen LogP contribution in [0.25, 0.3) is 0 Å². The highest BCUT2D eigenvalue weighted by molar-refractivity contribution is 5.37. The minimum absolute atomic E-state index is 0.723. The summed E-state index contributed by atoms with van der Waals surface area (Å²) in [6, 6.07) is 9.76. The van der Waals surface area contributed by atoms with Crippen LogP contribution in [0.15, 0.2) is 42.9 Å². The van der Waals surface area contributed by atoms with Crippen LogP contribution in [-0.2, 0) is 12.0 Å². The van der Waals surface area contributed by atoms with Gasteiger partial charge in [0.15, 0.2) is 0 Å². The molecule has 2 aromatic rings. The van der Waals surface area contributed by atoms with Crippen LogP contribution in [-0.4, -0.2) is 15.1 Å². The van der Waals surface area contributed by atoms with Gasteiger partial charge in [0.05, 0.1) is 5.69 Å². The average molecular weight is 226 g/mol. The summed E-state index contributed by atoms with van der Waals surface area (Å²) >= 11 is 0. The molecule has 1 unspecified atom stereocenters. The predicted molar refractivity (Wildman–Crippen MR) is 64.4 cm³/mol. The summed E-state index contributed by atoms with van der Waals surface area (Å²) in [6.07, 6.45) is 5.96. The van der Waals surface area contributed by atoms with E-state index in [1.807, 2.05) is 36.5 Å². The van der Waals surface area contributed by atoms with Gasteiger partial charge in [-0.3, -0.25) is 0 Å². The van der Waals surface area contributed by atoms with Crippen molar-refractivity contribution in [3.63, 3.8) is 0 Å². The van der Waals surface area contributed by atoms with Crippen molar-refractivity contribution in [1.82, 2.24) is 9.97 Å². The Labute approximate surface area is 100 Å². The standard InChI is InChI=1S/C14H14N2O/c17-14(12-6-2-1-3-7-12)8-4-5-11-9-15-10-16-13(11)14/h1-3,6-7,9-10,17H,4-5,8H2. The quantitative estimate of drug-likeness (QED) is 0.809. The maximum atomic E-state index is 10.9. The first-order valence-corrected chi connectivity index (χ1v) is 5.88. The number of nitrogens with zero attached hydrogens (tertiary/aromatic N) is 2. The molecule has 0 radical (unpaired) electrons. The van der Waals surface area contributed by atoms with Gasteiger partial charge in [0.1, 0.15) is 11.9 Å². The topological polar surface area (TPSA) is 46.0 Å². The molecule has 17 heavy (non-hydrogen) atoms. The highest BCUT2D eigenvalue weighted by Crippen LogP contribution is 2.38. The number of aryl methyl sites for hydroxylation is 1. The second kappa shape index (κ2) is 3.93. The lowest BCUT2D eigenvalue weighted by Crippen LogP contribution is -2.33. The SMILES string of the molecule is OC1(c2ccccc2)CCCc2cncnc21. The molecule has 1 aliphatic carbocycles. The lowest BCUT2D eigenvalue weighted by atomic mass is 9.78. The second-order valence-electron chi connectivity index (χ2n) is 4.48. The molecule has 0 saturated carbocycles. The monoisotopic (exact) mass is 226 g/mol. The summed E-state index contributed by atoms with van der Waals surface area (Å²) in [7, 11) is 0. The molecule has 1 aromatic carbocycles. The molecule has 3 rings (SSSR count). The molecule has 1 aliphatic rings. The lowest BCUT2D eigenvalue weighted by molar-refractivity contribution is 0.0565. The number of aromatic nitrogens is 2. The zero-order valence-electron chi connectivity index (χ0n) is 9.50. The first-order valence-electron chi connectivity index (χ1n) is 5.88. The van der Waals surface area contributed by atoms with Gasteiger partial charge in [-0.15, -0.1) is 0 Å². The van der Waals surface area contributed by atoms with Crippen LogP contribution in [0.4, 0.5) is 0 Å². The third-order valence-electron chi connectivity index (χ3n) is 3.42. The fourth-order valence-corrected chi connectivity index (χ4v) is 2.56. The van der Waals surface area contributed by atoms with Crippen LogP contribution in [0.5, 0.6) is 0 Å². The average Bonchev–Trinajstić information content (AvgIpc) is 2.40. The molecular weight excluding hydrogens is 212 g/mol. The molecule has 0 saturated heterocycles. The third-order valence-corrected chi connectivity index (χ3v) is 3.42. The molecule has 3 heteroatoms. The number of fused-ring (bicyclic) bond motifs is 1. The Morgan fingerprint density at radius 1 is 1.18 bits per heavy atom. The van der Waals surface area contributed by atoms with Crippen LogP contribution in [0.3, 0.4) is 0 Å². The number of aliphatic hydroxyl groups is 1. The van der Waals surface area contributed by atoms with E-state index < -0.39 is 5.60 Å². The van der Waals surface area contributed by atoms with E-state index in [4.69, 9.17) is 0 Å². The van der Waals surface area contributed by atoms with Gasteiger partial charge < -0.3 is 5.11 Å². The molecule has 3 nitrogen and oxygen atoms in total. The minimum Gasteiger partial charge on any atom is -0.379 e. The van der Waals surface area contributed by atoms with Gasteiger partial charge in [-0.1, -0.05) is 30.3 Å². The molecule has 0 amide bonds. The van der Waals surface area contributed by atoms with E-state index in [0.717, 1.165) is 36.1 Å². The van der Waals surface area contributed by atoms with Crippen molar-refractivity contribution >= 4 is 0 Å². The van der Waals surface area contributed by atoms with E-state index in [1.54, 1.807) is 0 Å². The molecule has 1 aromatic heterocycles. The van der Waals surface area contributed by atoms with Gasteiger partial charge in [0, 0.05) is 6.20 Å². The van der Waals surface area contributed by atoms with E-state index in [1.165, 1.54) is 6.33 Å². The van der Waals surface area contributed by atoms with Gasteiger partial charge in [-0.25, -0.2) is 9.97 Å². The van der Waals surface area contributed by atoms with Crippen molar-refractivity contribution in [3.05, 3.63) is 59.7 Å². The highest BCUT2D eigenvalue weighted by atomic mass is 16.3. The molecule has 1 heterocycles. The molecular formula is C14H14N2O. The van der Waals surface area contributed by atoms with Crippen molar-refractivity contribution < 1.29 is 5.11 Å². The number of rotatable bonds is 1. The Bertz CT molecular complexity index is 527. The number of hydrogen-bond donors (Lipinski definition) is 1. The van der Waals surface area contributed by atoms with Gasteiger partial charge in [0.2, 0.25) is 0 Å². The van der Waals surface area contributed by atoms with E-state index in [2.05, 4.69) is 9.97 Å². The smallest absolute Gasteiger partial charge is 0.132 e. The van der Waals surface area contributed by atoms with E-state index >= 15 is 0 Å². The fraction of sp³-hybridized carbons (Fsp3) is 0.286. The van der Waals surface area contributed by atoms with Crippen LogP contribution >= 0.6 is 0 Å². The highest BCUT2D eigenvalue weighted by Gasteiger charge is 2.37. The van der Waals surface area contributed by atoms with Crippen molar-refractivity contribution in [2.75, 3.05) is 0 Å². The van der Waals surface area contributed by atoms with Crippen molar-refractivity contribution in [2.45, 2.75) is 24.9 Å². The van der Waals surface area contributed by atoms with E-state index in [9.17, 15) is 5.11 Å².